The zero-order valence-corrected chi connectivity index (χ0v) is 11.2. The van der Waals surface area contributed by atoms with Gasteiger partial charge in [-0.3, -0.25) is 9.59 Å². The minimum absolute atomic E-state index is 0.136. The first-order valence-electron chi connectivity index (χ1n) is 7.19. The van der Waals surface area contributed by atoms with Crippen molar-refractivity contribution in [3.63, 3.8) is 0 Å². The first-order chi connectivity index (χ1) is 9.66. The number of carbonyl (C=O) groups excluding carboxylic acids is 1. The maximum Gasteiger partial charge on any atom is 0.307 e. The van der Waals surface area contributed by atoms with Crippen LogP contribution in [0, 0.1) is 23.7 Å². The highest BCUT2D eigenvalue weighted by atomic mass is 16.4. The summed E-state index contributed by atoms with van der Waals surface area (Å²) >= 11 is 0. The number of nitrogens with one attached hydrogen (secondary N) is 1. The Kier molecular flexibility index (Phi) is 3.51. The van der Waals surface area contributed by atoms with Gasteiger partial charge in [0.05, 0.1) is 24.6 Å². The number of hydrogen-bond acceptors (Lipinski definition) is 3. The van der Waals surface area contributed by atoms with Crippen LogP contribution < -0.4 is 5.32 Å². The predicted molar refractivity (Wildman–Crippen MR) is 70.6 cm³/mol. The number of carboxylic acid groups (broad SMARTS) is 1. The summed E-state index contributed by atoms with van der Waals surface area (Å²) in [4.78, 5) is 23.9. The molecule has 2 atom stereocenters. The van der Waals surface area contributed by atoms with Gasteiger partial charge in [-0.1, -0.05) is 0 Å². The second-order valence-corrected chi connectivity index (χ2v) is 5.86. The number of carboxylic acids is 1. The summed E-state index contributed by atoms with van der Waals surface area (Å²) in [6.07, 6.45) is 5.41. The summed E-state index contributed by atoms with van der Waals surface area (Å²) in [7, 11) is 0. The minimum atomic E-state index is -0.822. The average molecular weight is 277 g/mol. The molecule has 4 rings (SSSR count). The lowest BCUT2D eigenvalue weighted by atomic mass is 9.58. The summed E-state index contributed by atoms with van der Waals surface area (Å²) < 4.78 is 5.18. The Morgan fingerprint density at radius 3 is 2.40 bits per heavy atom. The van der Waals surface area contributed by atoms with Crippen LogP contribution in [0.25, 0.3) is 0 Å². The first-order valence-corrected chi connectivity index (χ1v) is 7.19. The summed E-state index contributed by atoms with van der Waals surface area (Å²) in [6, 6.07) is 3.56. The van der Waals surface area contributed by atoms with E-state index in [4.69, 9.17) is 4.42 Å². The number of carbonyl (C=O) groups is 2. The van der Waals surface area contributed by atoms with Crippen LogP contribution in [0.5, 0.6) is 0 Å². The Morgan fingerprint density at radius 1 is 1.20 bits per heavy atom. The third kappa shape index (κ3) is 2.32. The highest BCUT2D eigenvalue weighted by Gasteiger charge is 2.50. The minimum Gasteiger partial charge on any atom is -0.481 e. The lowest BCUT2D eigenvalue weighted by Crippen LogP contribution is -2.50. The summed E-state index contributed by atoms with van der Waals surface area (Å²) in [5, 5.41) is 12.3. The van der Waals surface area contributed by atoms with E-state index in [2.05, 4.69) is 5.32 Å². The van der Waals surface area contributed by atoms with E-state index in [9.17, 15) is 14.7 Å². The molecule has 0 radical (unpaired) electrons. The van der Waals surface area contributed by atoms with Crippen molar-refractivity contribution in [3.8, 4) is 0 Å². The summed E-state index contributed by atoms with van der Waals surface area (Å²) in [5.74, 6) is -0.782. The molecule has 1 aromatic heterocycles. The number of aliphatic carboxylic acids is 1. The highest BCUT2D eigenvalue weighted by Crippen LogP contribution is 2.49. The quantitative estimate of drug-likeness (QED) is 0.882. The topological polar surface area (TPSA) is 79.5 Å². The Bertz CT molecular complexity index is 488. The van der Waals surface area contributed by atoms with Crippen LogP contribution in [0.3, 0.4) is 0 Å². The van der Waals surface area contributed by atoms with Gasteiger partial charge in [-0.15, -0.1) is 0 Å². The number of amides is 1. The molecule has 3 saturated carbocycles. The van der Waals surface area contributed by atoms with E-state index < -0.39 is 11.9 Å². The predicted octanol–water partition coefficient (Wildman–Crippen LogP) is 2.03. The van der Waals surface area contributed by atoms with Crippen molar-refractivity contribution >= 4 is 11.9 Å². The Labute approximate surface area is 117 Å². The van der Waals surface area contributed by atoms with Crippen LogP contribution in [0.4, 0.5) is 0 Å². The number of hydrogen-bond donors (Lipinski definition) is 2. The van der Waals surface area contributed by atoms with Crippen LogP contribution in [0.1, 0.15) is 31.4 Å². The molecule has 1 aromatic rings. The van der Waals surface area contributed by atoms with E-state index in [0.29, 0.717) is 12.3 Å². The van der Waals surface area contributed by atoms with E-state index in [0.717, 1.165) is 25.7 Å². The lowest BCUT2D eigenvalue weighted by molar-refractivity contribution is -0.158. The molecular formula is C15H19NO4. The first kappa shape index (κ1) is 13.2. The molecule has 0 spiro atoms. The van der Waals surface area contributed by atoms with Gasteiger partial charge in [0.2, 0.25) is 5.91 Å². The van der Waals surface area contributed by atoms with E-state index in [1.807, 2.05) is 0 Å². The average Bonchev–Trinajstić information content (AvgIpc) is 2.98. The van der Waals surface area contributed by atoms with Crippen molar-refractivity contribution in [3.05, 3.63) is 24.2 Å². The van der Waals surface area contributed by atoms with Gasteiger partial charge in [0, 0.05) is 0 Å². The maximum absolute atomic E-state index is 12.4. The lowest BCUT2D eigenvalue weighted by Gasteiger charge is -2.45. The largest absolute Gasteiger partial charge is 0.481 e. The molecule has 3 aliphatic rings. The van der Waals surface area contributed by atoms with E-state index in [1.54, 1.807) is 18.4 Å². The SMILES string of the molecule is O=C(O)[C@@H]1C2CCC(CC2)[C@@H]1C(=O)NCc1ccco1. The van der Waals surface area contributed by atoms with Crippen LogP contribution in [0.15, 0.2) is 22.8 Å². The van der Waals surface area contributed by atoms with Crippen LogP contribution in [-0.4, -0.2) is 17.0 Å². The van der Waals surface area contributed by atoms with Crippen molar-refractivity contribution < 1.29 is 19.1 Å². The van der Waals surface area contributed by atoms with Crippen LogP contribution in [-0.2, 0) is 16.1 Å². The second-order valence-electron chi connectivity index (χ2n) is 5.86. The highest BCUT2D eigenvalue weighted by molar-refractivity contribution is 5.85. The van der Waals surface area contributed by atoms with E-state index in [1.165, 1.54) is 0 Å². The summed E-state index contributed by atoms with van der Waals surface area (Å²) in [6.45, 7) is 0.325. The molecule has 0 aliphatic heterocycles. The van der Waals surface area contributed by atoms with Crippen molar-refractivity contribution in [1.82, 2.24) is 5.32 Å². The Morgan fingerprint density at radius 2 is 1.85 bits per heavy atom. The van der Waals surface area contributed by atoms with Crippen LogP contribution >= 0.6 is 0 Å². The van der Waals surface area contributed by atoms with Crippen molar-refractivity contribution in [2.75, 3.05) is 0 Å². The molecule has 5 heteroatoms. The van der Waals surface area contributed by atoms with Gasteiger partial charge in [-0.2, -0.15) is 0 Å². The third-order valence-corrected chi connectivity index (χ3v) is 4.82. The zero-order chi connectivity index (χ0) is 14.1. The Hall–Kier alpha value is -1.78. The molecule has 1 amide bonds. The fourth-order valence-corrected chi connectivity index (χ4v) is 3.89. The molecule has 2 N–H and O–H groups in total. The molecule has 0 unspecified atom stereocenters. The molecule has 2 bridgehead atoms. The monoisotopic (exact) mass is 277 g/mol. The van der Waals surface area contributed by atoms with Gasteiger partial charge in [0.25, 0.3) is 0 Å². The van der Waals surface area contributed by atoms with E-state index >= 15 is 0 Å². The van der Waals surface area contributed by atoms with E-state index in [-0.39, 0.29) is 23.7 Å². The van der Waals surface area contributed by atoms with Crippen molar-refractivity contribution in [2.24, 2.45) is 23.7 Å². The molecule has 3 fully saturated rings. The van der Waals surface area contributed by atoms with Crippen molar-refractivity contribution in [2.45, 2.75) is 32.2 Å². The molecule has 3 aliphatic carbocycles. The second kappa shape index (κ2) is 5.31. The molecule has 20 heavy (non-hydrogen) atoms. The Balaban J connectivity index is 1.70. The third-order valence-electron chi connectivity index (χ3n) is 4.82. The smallest absolute Gasteiger partial charge is 0.307 e. The fraction of sp³-hybridized carbons (Fsp3) is 0.600. The van der Waals surface area contributed by atoms with Crippen molar-refractivity contribution in [1.29, 1.82) is 0 Å². The van der Waals surface area contributed by atoms with Gasteiger partial charge in [-0.25, -0.2) is 0 Å². The van der Waals surface area contributed by atoms with Gasteiger partial charge in [-0.05, 0) is 49.7 Å². The van der Waals surface area contributed by atoms with Gasteiger partial charge in [0.15, 0.2) is 0 Å². The number of rotatable bonds is 4. The standard InChI is InChI=1S/C15H19NO4/c17-14(16-8-11-2-1-7-20-11)12-9-3-5-10(6-4-9)13(12)15(18)19/h1-2,7,9-10,12-13H,3-6,8H2,(H,16,17)(H,18,19)/t9?,10?,12-,13+/m0/s1. The number of furan rings is 1. The zero-order valence-electron chi connectivity index (χ0n) is 11.2. The molecular weight excluding hydrogens is 258 g/mol. The molecule has 0 aromatic carbocycles. The fourth-order valence-electron chi connectivity index (χ4n) is 3.89. The van der Waals surface area contributed by atoms with Gasteiger partial charge in [0.1, 0.15) is 5.76 Å². The number of fused-ring (bicyclic) bond motifs is 3. The molecule has 5 nitrogen and oxygen atoms in total. The van der Waals surface area contributed by atoms with Gasteiger partial charge >= 0.3 is 5.97 Å². The molecule has 1 heterocycles. The molecule has 108 valence electrons. The summed E-state index contributed by atoms with van der Waals surface area (Å²) in [5.41, 5.74) is 0. The molecule has 0 saturated heterocycles. The maximum atomic E-state index is 12.4. The van der Waals surface area contributed by atoms with Gasteiger partial charge < -0.3 is 14.8 Å². The van der Waals surface area contributed by atoms with Crippen LogP contribution in [0.2, 0.25) is 0 Å². The normalized spacial score (nSPS) is 32.0.